The summed E-state index contributed by atoms with van der Waals surface area (Å²) in [5.74, 6) is 2.68. The third-order valence-electron chi connectivity index (χ3n) is 2.31. The molecule has 1 N–H and O–H groups in total. The van der Waals surface area contributed by atoms with E-state index in [4.69, 9.17) is 6.42 Å². The van der Waals surface area contributed by atoms with Gasteiger partial charge in [-0.2, -0.15) is 0 Å². The van der Waals surface area contributed by atoms with Crippen LogP contribution in [-0.4, -0.2) is 4.98 Å². The molecule has 1 aromatic carbocycles. The molecule has 0 amide bonds. The molecule has 1 nitrogen and oxygen atoms in total. The van der Waals surface area contributed by atoms with Crippen LogP contribution in [0.15, 0.2) is 24.3 Å². The zero-order chi connectivity index (χ0) is 9.26. The molecule has 1 aromatic heterocycles. The van der Waals surface area contributed by atoms with Gasteiger partial charge in [0.1, 0.15) is 0 Å². The summed E-state index contributed by atoms with van der Waals surface area (Å²) in [6.07, 6.45) is 6.02. The maximum absolute atomic E-state index is 5.32. The standard InChI is InChI=1S/C12H11N/c1-3-6-10-9(2)13-12-8-5-4-7-11(10)12/h1,4-5,7-8,13H,6H2,2H3. The van der Waals surface area contributed by atoms with Crippen molar-refractivity contribution in [3.05, 3.63) is 35.5 Å². The summed E-state index contributed by atoms with van der Waals surface area (Å²) in [4.78, 5) is 3.32. The van der Waals surface area contributed by atoms with Crippen LogP contribution in [0.3, 0.4) is 0 Å². The summed E-state index contributed by atoms with van der Waals surface area (Å²) in [7, 11) is 0. The Labute approximate surface area is 77.8 Å². The lowest BCUT2D eigenvalue weighted by atomic mass is 10.1. The van der Waals surface area contributed by atoms with Gasteiger partial charge in [0, 0.05) is 23.0 Å². The van der Waals surface area contributed by atoms with Gasteiger partial charge < -0.3 is 4.98 Å². The van der Waals surface area contributed by atoms with Gasteiger partial charge in [-0.05, 0) is 18.6 Å². The Morgan fingerprint density at radius 1 is 1.38 bits per heavy atom. The van der Waals surface area contributed by atoms with Crippen LogP contribution in [0.2, 0.25) is 0 Å². The summed E-state index contributed by atoms with van der Waals surface area (Å²) in [5.41, 5.74) is 3.60. The zero-order valence-corrected chi connectivity index (χ0v) is 7.59. The minimum absolute atomic E-state index is 0.704. The molecule has 0 radical (unpaired) electrons. The van der Waals surface area contributed by atoms with Crippen LogP contribution >= 0.6 is 0 Å². The van der Waals surface area contributed by atoms with Crippen molar-refractivity contribution in [3.63, 3.8) is 0 Å². The molecule has 0 saturated carbocycles. The maximum atomic E-state index is 5.32. The van der Waals surface area contributed by atoms with Gasteiger partial charge in [-0.15, -0.1) is 12.3 Å². The number of aromatic amines is 1. The van der Waals surface area contributed by atoms with Crippen molar-refractivity contribution < 1.29 is 0 Å². The molecule has 0 saturated heterocycles. The van der Waals surface area contributed by atoms with E-state index in [1.807, 2.05) is 12.1 Å². The average molecular weight is 169 g/mol. The summed E-state index contributed by atoms with van der Waals surface area (Å²) in [6, 6.07) is 8.24. The lowest BCUT2D eigenvalue weighted by molar-refractivity contribution is 1.21. The first kappa shape index (κ1) is 7.94. The normalized spacial score (nSPS) is 10.2. The van der Waals surface area contributed by atoms with Gasteiger partial charge in [-0.3, -0.25) is 0 Å². The van der Waals surface area contributed by atoms with Crippen molar-refractivity contribution in [1.29, 1.82) is 0 Å². The van der Waals surface area contributed by atoms with E-state index in [0.717, 1.165) is 0 Å². The minimum Gasteiger partial charge on any atom is -0.358 e. The third kappa shape index (κ3) is 1.21. The van der Waals surface area contributed by atoms with Crippen LogP contribution in [-0.2, 0) is 6.42 Å². The molecule has 0 aliphatic rings. The fourth-order valence-electron chi connectivity index (χ4n) is 1.66. The summed E-state index contributed by atoms with van der Waals surface area (Å²) in [5, 5.41) is 1.25. The largest absolute Gasteiger partial charge is 0.358 e. The SMILES string of the molecule is C#CCc1c(C)[nH]c2ccccc12. The van der Waals surface area contributed by atoms with Gasteiger partial charge in [-0.1, -0.05) is 18.2 Å². The van der Waals surface area contributed by atoms with Crippen molar-refractivity contribution >= 4 is 10.9 Å². The number of terminal acetylenes is 1. The number of aromatic nitrogens is 1. The quantitative estimate of drug-likeness (QED) is 0.632. The van der Waals surface area contributed by atoms with E-state index in [2.05, 4.69) is 30.0 Å². The smallest absolute Gasteiger partial charge is 0.0459 e. The molecule has 2 aromatic rings. The van der Waals surface area contributed by atoms with E-state index in [9.17, 15) is 0 Å². The number of para-hydroxylation sites is 1. The molecular formula is C12H11N. The van der Waals surface area contributed by atoms with Crippen LogP contribution in [0, 0.1) is 19.3 Å². The highest BCUT2D eigenvalue weighted by Crippen LogP contribution is 2.21. The molecule has 13 heavy (non-hydrogen) atoms. The Balaban J connectivity index is 2.73. The average Bonchev–Trinajstić information content (AvgIpc) is 2.44. The Bertz CT molecular complexity index is 471. The Morgan fingerprint density at radius 3 is 2.92 bits per heavy atom. The van der Waals surface area contributed by atoms with Crippen LogP contribution < -0.4 is 0 Å². The van der Waals surface area contributed by atoms with Gasteiger partial charge in [0.2, 0.25) is 0 Å². The second-order valence-electron chi connectivity index (χ2n) is 3.16. The van der Waals surface area contributed by atoms with Crippen LogP contribution in [0.1, 0.15) is 11.3 Å². The predicted octanol–water partition coefficient (Wildman–Crippen LogP) is 2.65. The number of rotatable bonds is 1. The highest BCUT2D eigenvalue weighted by atomic mass is 14.7. The maximum Gasteiger partial charge on any atom is 0.0459 e. The van der Waals surface area contributed by atoms with Gasteiger partial charge in [0.05, 0.1) is 0 Å². The highest BCUT2D eigenvalue weighted by Gasteiger charge is 2.05. The van der Waals surface area contributed by atoms with Crippen molar-refractivity contribution in [2.75, 3.05) is 0 Å². The molecule has 0 unspecified atom stereocenters. The number of aryl methyl sites for hydroxylation is 1. The Hall–Kier alpha value is -1.68. The van der Waals surface area contributed by atoms with Crippen molar-refractivity contribution in [3.8, 4) is 12.3 Å². The van der Waals surface area contributed by atoms with Crippen LogP contribution in [0.4, 0.5) is 0 Å². The molecule has 0 fully saturated rings. The molecule has 2 rings (SSSR count). The molecule has 0 spiro atoms. The number of fused-ring (bicyclic) bond motifs is 1. The number of nitrogens with one attached hydrogen (secondary N) is 1. The zero-order valence-electron chi connectivity index (χ0n) is 7.59. The third-order valence-corrected chi connectivity index (χ3v) is 2.31. The van der Waals surface area contributed by atoms with Crippen molar-refractivity contribution in [1.82, 2.24) is 4.98 Å². The second-order valence-corrected chi connectivity index (χ2v) is 3.16. The van der Waals surface area contributed by atoms with Crippen LogP contribution in [0.5, 0.6) is 0 Å². The van der Waals surface area contributed by atoms with Crippen molar-refractivity contribution in [2.45, 2.75) is 13.3 Å². The Kier molecular flexibility index (Phi) is 1.83. The van der Waals surface area contributed by atoms with Crippen LogP contribution in [0.25, 0.3) is 10.9 Å². The second kappa shape index (κ2) is 2.99. The van der Waals surface area contributed by atoms with E-state index in [1.54, 1.807) is 0 Å². The van der Waals surface area contributed by atoms with Crippen molar-refractivity contribution in [2.24, 2.45) is 0 Å². The first-order valence-electron chi connectivity index (χ1n) is 4.32. The molecular weight excluding hydrogens is 158 g/mol. The lowest BCUT2D eigenvalue weighted by Crippen LogP contribution is -1.81. The number of benzene rings is 1. The van der Waals surface area contributed by atoms with E-state index in [1.165, 1.54) is 22.2 Å². The van der Waals surface area contributed by atoms with E-state index >= 15 is 0 Å². The molecule has 0 atom stereocenters. The number of hydrogen-bond donors (Lipinski definition) is 1. The van der Waals surface area contributed by atoms with Gasteiger partial charge in [-0.25, -0.2) is 0 Å². The summed E-state index contributed by atoms with van der Waals surface area (Å²) >= 11 is 0. The van der Waals surface area contributed by atoms with Gasteiger partial charge >= 0.3 is 0 Å². The number of hydrogen-bond acceptors (Lipinski definition) is 0. The molecule has 0 aliphatic carbocycles. The molecule has 1 heterocycles. The molecule has 0 bridgehead atoms. The first-order chi connectivity index (χ1) is 6.33. The van der Waals surface area contributed by atoms with Gasteiger partial charge in [0.15, 0.2) is 0 Å². The topological polar surface area (TPSA) is 15.8 Å². The minimum atomic E-state index is 0.704. The summed E-state index contributed by atoms with van der Waals surface area (Å²) < 4.78 is 0. The van der Waals surface area contributed by atoms with Gasteiger partial charge in [0.25, 0.3) is 0 Å². The summed E-state index contributed by atoms with van der Waals surface area (Å²) in [6.45, 7) is 2.06. The fourth-order valence-corrected chi connectivity index (χ4v) is 1.66. The highest BCUT2D eigenvalue weighted by molar-refractivity contribution is 5.84. The van der Waals surface area contributed by atoms with E-state index in [0.29, 0.717) is 6.42 Å². The number of H-pyrrole nitrogens is 1. The molecule has 0 aliphatic heterocycles. The monoisotopic (exact) mass is 169 g/mol. The molecule has 64 valence electrons. The van der Waals surface area contributed by atoms with E-state index < -0.39 is 0 Å². The lowest BCUT2D eigenvalue weighted by Gasteiger charge is -1.93. The Morgan fingerprint density at radius 2 is 2.15 bits per heavy atom. The predicted molar refractivity (Wildman–Crippen MR) is 55.6 cm³/mol. The molecule has 1 heteroatoms. The fraction of sp³-hybridized carbons (Fsp3) is 0.167. The first-order valence-corrected chi connectivity index (χ1v) is 4.32. The van der Waals surface area contributed by atoms with E-state index in [-0.39, 0.29) is 0 Å².